The van der Waals surface area contributed by atoms with Crippen molar-refractivity contribution in [3.8, 4) is 0 Å². The molecular formula is C9H17NO. The maximum Gasteiger partial charge on any atom is 0.0595 e. The van der Waals surface area contributed by atoms with Crippen molar-refractivity contribution in [1.82, 2.24) is 5.32 Å². The highest BCUT2D eigenvalue weighted by molar-refractivity contribution is 4.89. The molecule has 1 heterocycles. The highest BCUT2D eigenvalue weighted by Gasteiger charge is 2.33. The van der Waals surface area contributed by atoms with Crippen molar-refractivity contribution in [3.05, 3.63) is 0 Å². The van der Waals surface area contributed by atoms with E-state index in [9.17, 15) is 5.11 Å². The van der Waals surface area contributed by atoms with E-state index in [-0.39, 0.29) is 6.10 Å². The van der Waals surface area contributed by atoms with E-state index >= 15 is 0 Å². The monoisotopic (exact) mass is 155 g/mol. The van der Waals surface area contributed by atoms with Gasteiger partial charge in [-0.15, -0.1) is 0 Å². The Kier molecular flexibility index (Phi) is 2.14. The van der Waals surface area contributed by atoms with E-state index in [1.165, 1.54) is 25.7 Å². The van der Waals surface area contributed by atoms with Crippen LogP contribution >= 0.6 is 0 Å². The molecule has 1 unspecified atom stereocenters. The third-order valence-electron chi connectivity index (χ3n) is 3.16. The van der Waals surface area contributed by atoms with Gasteiger partial charge in [0.15, 0.2) is 0 Å². The van der Waals surface area contributed by atoms with Crippen molar-refractivity contribution in [2.45, 2.75) is 44.2 Å². The largest absolute Gasteiger partial charge is 0.393 e. The van der Waals surface area contributed by atoms with E-state index < -0.39 is 0 Å². The number of piperidine rings is 1. The molecule has 0 aromatic heterocycles. The Morgan fingerprint density at radius 2 is 1.91 bits per heavy atom. The molecule has 1 saturated heterocycles. The third-order valence-corrected chi connectivity index (χ3v) is 3.16. The molecule has 0 aromatic rings. The summed E-state index contributed by atoms with van der Waals surface area (Å²) in [6.45, 7) is 1.02. The standard InChI is InChI=1S/C9H17NO/c11-9-5-6-10-8-4-2-1-3-7(8)9/h7-11H,1-6H2/t7-,8?,9+/m1/s1. The fraction of sp³-hybridized carbons (Fsp3) is 1.00. The highest BCUT2D eigenvalue weighted by Crippen LogP contribution is 2.30. The Labute approximate surface area is 68.0 Å². The fourth-order valence-electron chi connectivity index (χ4n) is 2.50. The normalized spacial score (nSPS) is 45.0. The van der Waals surface area contributed by atoms with Gasteiger partial charge in [-0.05, 0) is 25.8 Å². The Morgan fingerprint density at radius 3 is 2.73 bits per heavy atom. The van der Waals surface area contributed by atoms with Crippen molar-refractivity contribution in [2.24, 2.45) is 5.92 Å². The number of rotatable bonds is 0. The molecule has 2 N–H and O–H groups in total. The number of aliphatic hydroxyl groups excluding tert-OH is 1. The highest BCUT2D eigenvalue weighted by atomic mass is 16.3. The van der Waals surface area contributed by atoms with Gasteiger partial charge in [0.2, 0.25) is 0 Å². The smallest absolute Gasteiger partial charge is 0.0595 e. The number of aliphatic hydroxyl groups is 1. The minimum absolute atomic E-state index is 0.0125. The summed E-state index contributed by atoms with van der Waals surface area (Å²) < 4.78 is 0. The molecule has 2 aliphatic rings. The molecule has 11 heavy (non-hydrogen) atoms. The summed E-state index contributed by atoms with van der Waals surface area (Å²) in [5, 5.41) is 13.2. The molecule has 2 nitrogen and oxygen atoms in total. The lowest BCUT2D eigenvalue weighted by Gasteiger charge is -2.39. The molecule has 0 amide bonds. The molecule has 0 aromatic carbocycles. The average Bonchev–Trinajstić information content (AvgIpc) is 2.06. The van der Waals surface area contributed by atoms with Crippen LogP contribution in [-0.2, 0) is 0 Å². The number of hydrogen-bond acceptors (Lipinski definition) is 2. The van der Waals surface area contributed by atoms with E-state index in [4.69, 9.17) is 0 Å². The topological polar surface area (TPSA) is 32.3 Å². The summed E-state index contributed by atoms with van der Waals surface area (Å²) in [6, 6.07) is 0.632. The first kappa shape index (κ1) is 7.56. The van der Waals surface area contributed by atoms with Crippen LogP contribution in [0.25, 0.3) is 0 Å². The van der Waals surface area contributed by atoms with Crippen LogP contribution in [0.3, 0.4) is 0 Å². The molecule has 1 aliphatic carbocycles. The predicted molar refractivity (Wildman–Crippen MR) is 44.4 cm³/mol. The number of fused-ring (bicyclic) bond motifs is 1. The average molecular weight is 155 g/mol. The summed E-state index contributed by atoms with van der Waals surface area (Å²) >= 11 is 0. The van der Waals surface area contributed by atoms with Crippen LogP contribution in [-0.4, -0.2) is 23.8 Å². The first-order valence-electron chi connectivity index (χ1n) is 4.79. The van der Waals surface area contributed by atoms with Crippen LogP contribution in [0.15, 0.2) is 0 Å². The van der Waals surface area contributed by atoms with Crippen molar-refractivity contribution < 1.29 is 5.11 Å². The fourth-order valence-corrected chi connectivity index (χ4v) is 2.50. The van der Waals surface area contributed by atoms with E-state index in [0.717, 1.165) is 13.0 Å². The second-order valence-electron chi connectivity index (χ2n) is 3.86. The van der Waals surface area contributed by atoms with Crippen molar-refractivity contribution in [2.75, 3.05) is 6.54 Å². The van der Waals surface area contributed by atoms with Gasteiger partial charge < -0.3 is 10.4 Å². The van der Waals surface area contributed by atoms with Crippen LogP contribution in [0.1, 0.15) is 32.1 Å². The molecule has 2 rings (SSSR count). The molecule has 1 aliphatic heterocycles. The van der Waals surface area contributed by atoms with Gasteiger partial charge in [0, 0.05) is 12.0 Å². The van der Waals surface area contributed by atoms with E-state index in [1.807, 2.05) is 0 Å². The molecule has 64 valence electrons. The van der Waals surface area contributed by atoms with Crippen molar-refractivity contribution in [1.29, 1.82) is 0 Å². The minimum Gasteiger partial charge on any atom is -0.393 e. The number of nitrogens with one attached hydrogen (secondary N) is 1. The molecular weight excluding hydrogens is 138 g/mol. The lowest BCUT2D eigenvalue weighted by atomic mass is 9.78. The third kappa shape index (κ3) is 1.42. The van der Waals surface area contributed by atoms with Gasteiger partial charge in [0.25, 0.3) is 0 Å². The predicted octanol–water partition coefficient (Wildman–Crippen LogP) is 0.899. The van der Waals surface area contributed by atoms with Gasteiger partial charge in [0.1, 0.15) is 0 Å². The first-order valence-corrected chi connectivity index (χ1v) is 4.79. The van der Waals surface area contributed by atoms with Gasteiger partial charge >= 0.3 is 0 Å². The lowest BCUT2D eigenvalue weighted by molar-refractivity contribution is 0.0317. The van der Waals surface area contributed by atoms with Gasteiger partial charge in [-0.1, -0.05) is 12.8 Å². The second-order valence-corrected chi connectivity index (χ2v) is 3.86. The van der Waals surface area contributed by atoms with Gasteiger partial charge in [-0.25, -0.2) is 0 Å². The summed E-state index contributed by atoms with van der Waals surface area (Å²) in [6.07, 6.45) is 6.13. The maximum atomic E-state index is 9.66. The molecule has 3 atom stereocenters. The SMILES string of the molecule is O[C@H]1CCNC2CCCC[C@H]21. The Hall–Kier alpha value is -0.0800. The zero-order valence-electron chi connectivity index (χ0n) is 6.92. The maximum absolute atomic E-state index is 9.66. The Morgan fingerprint density at radius 1 is 1.09 bits per heavy atom. The molecule has 0 radical (unpaired) electrons. The molecule has 2 heteroatoms. The molecule has 1 saturated carbocycles. The van der Waals surface area contributed by atoms with Gasteiger partial charge in [-0.3, -0.25) is 0 Å². The Balaban J connectivity index is 1.99. The molecule has 0 spiro atoms. The summed E-state index contributed by atoms with van der Waals surface area (Å²) in [5.41, 5.74) is 0. The van der Waals surface area contributed by atoms with Crippen LogP contribution in [0, 0.1) is 5.92 Å². The zero-order valence-corrected chi connectivity index (χ0v) is 6.92. The second kappa shape index (κ2) is 3.11. The first-order chi connectivity index (χ1) is 5.38. The van der Waals surface area contributed by atoms with Gasteiger partial charge in [0.05, 0.1) is 6.10 Å². The lowest BCUT2D eigenvalue weighted by Crippen LogP contribution is -2.49. The van der Waals surface area contributed by atoms with Gasteiger partial charge in [-0.2, -0.15) is 0 Å². The minimum atomic E-state index is -0.0125. The number of hydrogen-bond donors (Lipinski definition) is 2. The molecule has 0 bridgehead atoms. The zero-order chi connectivity index (χ0) is 7.68. The van der Waals surface area contributed by atoms with Crippen LogP contribution < -0.4 is 5.32 Å². The molecule has 2 fully saturated rings. The summed E-state index contributed by atoms with van der Waals surface area (Å²) in [5.74, 6) is 0.567. The van der Waals surface area contributed by atoms with Crippen LogP contribution in [0.2, 0.25) is 0 Å². The summed E-state index contributed by atoms with van der Waals surface area (Å²) in [4.78, 5) is 0. The van der Waals surface area contributed by atoms with Crippen molar-refractivity contribution >= 4 is 0 Å². The quantitative estimate of drug-likeness (QED) is 0.544. The van der Waals surface area contributed by atoms with Crippen molar-refractivity contribution in [3.63, 3.8) is 0 Å². The van der Waals surface area contributed by atoms with E-state index in [1.54, 1.807) is 0 Å². The van der Waals surface area contributed by atoms with Crippen LogP contribution in [0.5, 0.6) is 0 Å². The Bertz CT molecular complexity index is 136. The van der Waals surface area contributed by atoms with Crippen LogP contribution in [0.4, 0.5) is 0 Å². The summed E-state index contributed by atoms with van der Waals surface area (Å²) in [7, 11) is 0. The van der Waals surface area contributed by atoms with E-state index in [0.29, 0.717) is 12.0 Å². The van der Waals surface area contributed by atoms with E-state index in [2.05, 4.69) is 5.32 Å².